The van der Waals surface area contributed by atoms with E-state index in [-0.39, 0.29) is 11.5 Å². The van der Waals surface area contributed by atoms with E-state index in [9.17, 15) is 9.18 Å². The molecule has 0 atom stereocenters. The van der Waals surface area contributed by atoms with Crippen LogP contribution in [-0.4, -0.2) is 39.1 Å². The predicted octanol–water partition coefficient (Wildman–Crippen LogP) is 1.96. The highest BCUT2D eigenvalue weighted by Crippen LogP contribution is 2.27. The smallest absolute Gasteiger partial charge is 0.256 e. The number of aromatic amines is 1. The molecule has 1 amide bonds. The molecule has 2 aromatic rings. The maximum absolute atomic E-state index is 13.6. The van der Waals surface area contributed by atoms with Crippen LogP contribution in [0, 0.1) is 5.82 Å². The highest BCUT2D eigenvalue weighted by molar-refractivity contribution is 5.94. The van der Waals surface area contributed by atoms with Gasteiger partial charge in [0.15, 0.2) is 5.82 Å². The van der Waals surface area contributed by atoms with Crippen molar-refractivity contribution in [3.63, 3.8) is 0 Å². The van der Waals surface area contributed by atoms with Crippen LogP contribution in [0.25, 0.3) is 0 Å². The Balaban J connectivity index is 1.66. The fourth-order valence-corrected chi connectivity index (χ4v) is 2.61. The summed E-state index contributed by atoms with van der Waals surface area (Å²) in [6.07, 6.45) is 5.97. The van der Waals surface area contributed by atoms with Crippen LogP contribution < -0.4 is 0 Å². The number of amides is 1. The lowest BCUT2D eigenvalue weighted by molar-refractivity contribution is 0.0707. The third-order valence-corrected chi connectivity index (χ3v) is 3.75. The van der Waals surface area contributed by atoms with E-state index in [1.54, 1.807) is 11.1 Å². The van der Waals surface area contributed by atoms with Crippen LogP contribution in [0.5, 0.6) is 0 Å². The number of nitrogens with one attached hydrogen (secondary N) is 1. The summed E-state index contributed by atoms with van der Waals surface area (Å²) in [5, 5.41) is 6.92. The SMILES string of the molecule is O=C(c1ccncc1F)N1CCC(c2ccn[nH]2)CC1. The van der Waals surface area contributed by atoms with Gasteiger partial charge in [0, 0.05) is 37.1 Å². The van der Waals surface area contributed by atoms with Crippen molar-refractivity contribution >= 4 is 5.91 Å². The molecule has 0 unspecified atom stereocenters. The Morgan fingerprint density at radius 1 is 1.30 bits per heavy atom. The molecule has 5 nitrogen and oxygen atoms in total. The minimum atomic E-state index is -0.562. The molecule has 1 N–H and O–H groups in total. The summed E-state index contributed by atoms with van der Waals surface area (Å²) in [5.41, 5.74) is 1.20. The van der Waals surface area contributed by atoms with Crippen LogP contribution in [0.2, 0.25) is 0 Å². The highest BCUT2D eigenvalue weighted by atomic mass is 19.1. The molecule has 0 saturated carbocycles. The predicted molar refractivity (Wildman–Crippen MR) is 70.7 cm³/mol. The number of carbonyl (C=O) groups excluding carboxylic acids is 1. The molecule has 1 aliphatic heterocycles. The molecule has 3 heterocycles. The second-order valence-electron chi connectivity index (χ2n) is 4.93. The van der Waals surface area contributed by atoms with E-state index in [4.69, 9.17) is 0 Å². The van der Waals surface area contributed by atoms with Gasteiger partial charge in [0.2, 0.25) is 0 Å². The zero-order valence-electron chi connectivity index (χ0n) is 10.9. The fraction of sp³-hybridized carbons (Fsp3) is 0.357. The number of H-pyrrole nitrogens is 1. The molecule has 20 heavy (non-hydrogen) atoms. The third kappa shape index (κ3) is 2.41. The molecule has 1 saturated heterocycles. The van der Waals surface area contributed by atoms with Crippen molar-refractivity contribution in [1.29, 1.82) is 0 Å². The molecule has 3 rings (SSSR count). The van der Waals surface area contributed by atoms with Crippen molar-refractivity contribution in [3.8, 4) is 0 Å². The van der Waals surface area contributed by atoms with Gasteiger partial charge in [-0.15, -0.1) is 0 Å². The number of nitrogens with zero attached hydrogens (tertiary/aromatic N) is 3. The first kappa shape index (κ1) is 12.8. The lowest BCUT2D eigenvalue weighted by Gasteiger charge is -2.31. The Labute approximate surface area is 115 Å². The molecule has 0 radical (unpaired) electrons. The molecule has 6 heteroatoms. The van der Waals surface area contributed by atoms with Crippen molar-refractivity contribution in [2.24, 2.45) is 0 Å². The van der Waals surface area contributed by atoms with E-state index in [1.807, 2.05) is 6.07 Å². The number of hydrogen-bond donors (Lipinski definition) is 1. The van der Waals surface area contributed by atoms with Crippen molar-refractivity contribution in [2.45, 2.75) is 18.8 Å². The Morgan fingerprint density at radius 3 is 2.75 bits per heavy atom. The molecule has 0 aromatic carbocycles. The standard InChI is InChI=1S/C14H15FN4O/c15-12-9-16-5-1-11(12)14(20)19-7-3-10(4-8-19)13-2-6-17-18-13/h1-2,5-6,9-10H,3-4,7-8H2,(H,17,18). The normalized spacial score (nSPS) is 16.4. The number of likely N-dealkylation sites (tertiary alicyclic amines) is 1. The van der Waals surface area contributed by atoms with Crippen LogP contribution in [0.1, 0.15) is 34.8 Å². The van der Waals surface area contributed by atoms with Gasteiger partial charge in [0.25, 0.3) is 5.91 Å². The summed E-state index contributed by atoms with van der Waals surface area (Å²) in [4.78, 5) is 17.6. The lowest BCUT2D eigenvalue weighted by Crippen LogP contribution is -2.38. The summed E-state index contributed by atoms with van der Waals surface area (Å²) in [6, 6.07) is 3.39. The van der Waals surface area contributed by atoms with Crippen molar-refractivity contribution in [1.82, 2.24) is 20.1 Å². The van der Waals surface area contributed by atoms with Crippen molar-refractivity contribution in [3.05, 3.63) is 47.8 Å². The summed E-state index contributed by atoms with van der Waals surface area (Å²) in [7, 11) is 0. The van der Waals surface area contributed by atoms with E-state index in [0.717, 1.165) is 24.7 Å². The number of hydrogen-bond acceptors (Lipinski definition) is 3. The van der Waals surface area contributed by atoms with Gasteiger partial charge in [-0.05, 0) is 25.0 Å². The van der Waals surface area contributed by atoms with E-state index in [0.29, 0.717) is 19.0 Å². The van der Waals surface area contributed by atoms with Crippen LogP contribution in [0.3, 0.4) is 0 Å². The fourth-order valence-electron chi connectivity index (χ4n) is 2.61. The van der Waals surface area contributed by atoms with Gasteiger partial charge < -0.3 is 4.90 Å². The third-order valence-electron chi connectivity index (χ3n) is 3.75. The topological polar surface area (TPSA) is 61.9 Å². The van der Waals surface area contributed by atoms with E-state index >= 15 is 0 Å². The van der Waals surface area contributed by atoms with Crippen LogP contribution in [0.4, 0.5) is 4.39 Å². The number of carbonyl (C=O) groups is 1. The minimum absolute atomic E-state index is 0.0972. The Hall–Kier alpha value is -2.24. The van der Waals surface area contributed by atoms with E-state index in [2.05, 4.69) is 15.2 Å². The van der Waals surface area contributed by atoms with Gasteiger partial charge in [-0.3, -0.25) is 14.9 Å². The molecule has 104 valence electrons. The number of aromatic nitrogens is 3. The molecular weight excluding hydrogens is 259 g/mol. The first-order chi connectivity index (χ1) is 9.75. The Morgan fingerprint density at radius 2 is 2.10 bits per heavy atom. The Kier molecular flexibility index (Phi) is 3.45. The number of pyridine rings is 1. The first-order valence-electron chi connectivity index (χ1n) is 6.64. The monoisotopic (exact) mass is 274 g/mol. The van der Waals surface area contributed by atoms with Gasteiger partial charge in [-0.1, -0.05) is 0 Å². The summed E-state index contributed by atoms with van der Waals surface area (Å²) < 4.78 is 13.6. The van der Waals surface area contributed by atoms with Gasteiger partial charge in [-0.2, -0.15) is 5.10 Å². The van der Waals surface area contributed by atoms with Gasteiger partial charge in [0.1, 0.15) is 0 Å². The zero-order chi connectivity index (χ0) is 13.9. The van der Waals surface area contributed by atoms with Gasteiger partial charge in [0.05, 0.1) is 11.8 Å². The molecule has 1 fully saturated rings. The largest absolute Gasteiger partial charge is 0.339 e. The van der Waals surface area contributed by atoms with Crippen LogP contribution in [0.15, 0.2) is 30.7 Å². The lowest BCUT2D eigenvalue weighted by atomic mass is 9.93. The highest BCUT2D eigenvalue weighted by Gasteiger charge is 2.26. The molecule has 2 aromatic heterocycles. The van der Waals surface area contributed by atoms with Crippen molar-refractivity contribution in [2.75, 3.05) is 13.1 Å². The molecular formula is C14H15FN4O. The maximum Gasteiger partial charge on any atom is 0.256 e. The number of halogens is 1. The molecule has 0 aliphatic carbocycles. The zero-order valence-corrected chi connectivity index (χ0v) is 10.9. The first-order valence-corrected chi connectivity index (χ1v) is 6.64. The van der Waals surface area contributed by atoms with E-state index in [1.165, 1.54) is 12.3 Å². The maximum atomic E-state index is 13.6. The minimum Gasteiger partial charge on any atom is -0.339 e. The average Bonchev–Trinajstić information content (AvgIpc) is 3.01. The van der Waals surface area contributed by atoms with Gasteiger partial charge >= 0.3 is 0 Å². The second-order valence-corrected chi connectivity index (χ2v) is 4.93. The summed E-state index contributed by atoms with van der Waals surface area (Å²) >= 11 is 0. The number of rotatable bonds is 2. The molecule has 0 spiro atoms. The second kappa shape index (κ2) is 5.40. The summed E-state index contributed by atoms with van der Waals surface area (Å²) in [6.45, 7) is 1.26. The van der Waals surface area contributed by atoms with Crippen LogP contribution >= 0.6 is 0 Å². The molecule has 1 aliphatic rings. The number of piperidine rings is 1. The van der Waals surface area contributed by atoms with Crippen molar-refractivity contribution < 1.29 is 9.18 Å². The average molecular weight is 274 g/mol. The van der Waals surface area contributed by atoms with Gasteiger partial charge in [-0.25, -0.2) is 4.39 Å². The molecule has 0 bridgehead atoms. The van der Waals surface area contributed by atoms with E-state index < -0.39 is 5.82 Å². The quantitative estimate of drug-likeness (QED) is 0.910. The summed E-state index contributed by atoms with van der Waals surface area (Å²) in [5.74, 6) is -0.426. The Bertz CT molecular complexity index is 591. The van der Waals surface area contributed by atoms with Crippen LogP contribution in [-0.2, 0) is 0 Å².